The number of rotatable bonds is 1. The lowest BCUT2D eigenvalue weighted by atomic mass is 9.71. The summed E-state index contributed by atoms with van der Waals surface area (Å²) >= 11 is 6.15. The smallest absolute Gasteiger partial charge is 0.241 e. The molecule has 1 aliphatic heterocycles. The summed E-state index contributed by atoms with van der Waals surface area (Å²) < 4.78 is 0. The lowest BCUT2D eigenvalue weighted by molar-refractivity contribution is -0.127. The van der Waals surface area contributed by atoms with Crippen molar-refractivity contribution in [2.24, 2.45) is 23.2 Å². The van der Waals surface area contributed by atoms with Crippen LogP contribution < -0.4 is 4.90 Å². The quantitative estimate of drug-likeness (QED) is 0.589. The van der Waals surface area contributed by atoms with Gasteiger partial charge in [0.15, 0.2) is 0 Å². The van der Waals surface area contributed by atoms with Crippen molar-refractivity contribution in [3.8, 4) is 0 Å². The van der Waals surface area contributed by atoms with E-state index in [0.29, 0.717) is 10.7 Å². The normalized spacial score (nSPS) is 36.7. The van der Waals surface area contributed by atoms with Crippen molar-refractivity contribution >= 4 is 29.1 Å². The SMILES string of the molecule is Cc1ccc(N2C(=O)C3C4C=CC(C4)C3(C)C2=O)cc1Cl. The molecule has 4 heteroatoms. The predicted octanol–water partition coefficient (Wildman–Crippen LogP) is 3.35. The number of benzene rings is 1. The number of allylic oxidation sites excluding steroid dienone is 2. The van der Waals surface area contributed by atoms with Gasteiger partial charge in [-0.2, -0.15) is 0 Å². The molecule has 0 radical (unpaired) electrons. The van der Waals surface area contributed by atoms with Crippen LogP contribution in [-0.4, -0.2) is 11.8 Å². The number of hydrogen-bond donors (Lipinski definition) is 0. The zero-order chi connectivity index (χ0) is 14.9. The van der Waals surface area contributed by atoms with Crippen LogP contribution in [0.2, 0.25) is 5.02 Å². The third-order valence-corrected chi connectivity index (χ3v) is 5.93. The van der Waals surface area contributed by atoms with Crippen LogP contribution in [-0.2, 0) is 9.59 Å². The molecule has 1 saturated heterocycles. The van der Waals surface area contributed by atoms with E-state index >= 15 is 0 Å². The van der Waals surface area contributed by atoms with E-state index in [0.717, 1.165) is 12.0 Å². The van der Waals surface area contributed by atoms with E-state index in [1.165, 1.54) is 4.90 Å². The summed E-state index contributed by atoms with van der Waals surface area (Å²) in [6.07, 6.45) is 5.15. The molecule has 0 N–H and O–H groups in total. The molecule has 4 rings (SSSR count). The monoisotopic (exact) mass is 301 g/mol. The summed E-state index contributed by atoms with van der Waals surface area (Å²) in [5.41, 5.74) is 0.955. The Balaban J connectivity index is 1.81. The van der Waals surface area contributed by atoms with Gasteiger partial charge in [0.05, 0.1) is 17.0 Å². The Bertz CT molecular complexity index is 711. The van der Waals surface area contributed by atoms with Crippen molar-refractivity contribution in [2.75, 3.05) is 4.90 Å². The summed E-state index contributed by atoms with van der Waals surface area (Å²) in [7, 11) is 0. The van der Waals surface area contributed by atoms with Crippen molar-refractivity contribution in [1.29, 1.82) is 0 Å². The second-order valence-corrected chi connectivity index (χ2v) is 6.97. The number of imide groups is 1. The highest BCUT2D eigenvalue weighted by Gasteiger charge is 2.67. The molecule has 0 spiro atoms. The molecular weight excluding hydrogens is 286 g/mol. The Morgan fingerprint density at radius 1 is 1.29 bits per heavy atom. The van der Waals surface area contributed by atoms with Crippen LogP contribution in [0.3, 0.4) is 0 Å². The largest absolute Gasteiger partial charge is 0.274 e. The topological polar surface area (TPSA) is 37.4 Å². The number of amides is 2. The van der Waals surface area contributed by atoms with Crippen molar-refractivity contribution in [2.45, 2.75) is 20.3 Å². The number of carbonyl (C=O) groups is 2. The van der Waals surface area contributed by atoms with Gasteiger partial charge in [-0.15, -0.1) is 0 Å². The Morgan fingerprint density at radius 3 is 2.71 bits per heavy atom. The second-order valence-electron chi connectivity index (χ2n) is 6.56. The van der Waals surface area contributed by atoms with Gasteiger partial charge in [-0.3, -0.25) is 9.59 Å². The average molecular weight is 302 g/mol. The number of halogens is 1. The minimum absolute atomic E-state index is 0.0701. The van der Waals surface area contributed by atoms with Gasteiger partial charge >= 0.3 is 0 Å². The fourth-order valence-corrected chi connectivity index (χ4v) is 4.45. The van der Waals surface area contributed by atoms with E-state index in [4.69, 9.17) is 11.6 Å². The lowest BCUT2D eigenvalue weighted by Crippen LogP contribution is -2.37. The van der Waals surface area contributed by atoms with Crippen molar-refractivity contribution in [1.82, 2.24) is 0 Å². The molecule has 2 fully saturated rings. The predicted molar refractivity (Wildman–Crippen MR) is 81.0 cm³/mol. The summed E-state index contributed by atoms with van der Waals surface area (Å²) in [5.74, 6) is 0.0471. The van der Waals surface area contributed by atoms with E-state index < -0.39 is 5.41 Å². The van der Waals surface area contributed by atoms with Crippen molar-refractivity contribution in [3.63, 3.8) is 0 Å². The van der Waals surface area contributed by atoms with E-state index in [-0.39, 0.29) is 29.6 Å². The molecule has 108 valence electrons. The molecule has 1 aromatic rings. The zero-order valence-corrected chi connectivity index (χ0v) is 12.7. The lowest BCUT2D eigenvalue weighted by Gasteiger charge is -2.28. The molecule has 2 amide bonds. The standard InChI is InChI=1S/C17H16ClNO2/c1-9-3-6-12(8-13(9)18)19-15(20)14-10-4-5-11(7-10)17(14,2)16(19)21/h3-6,8,10-11,14H,7H2,1-2H3. The maximum absolute atomic E-state index is 12.9. The average Bonchev–Trinajstić information content (AvgIpc) is 3.07. The van der Waals surface area contributed by atoms with Crippen molar-refractivity contribution < 1.29 is 9.59 Å². The Hall–Kier alpha value is -1.61. The van der Waals surface area contributed by atoms with Gasteiger partial charge in [0.2, 0.25) is 11.8 Å². The number of fused-ring (bicyclic) bond motifs is 5. The molecule has 2 bridgehead atoms. The minimum Gasteiger partial charge on any atom is -0.274 e. The molecule has 1 aromatic carbocycles. The van der Waals surface area contributed by atoms with Crippen molar-refractivity contribution in [3.05, 3.63) is 40.9 Å². The van der Waals surface area contributed by atoms with Crippen LogP contribution >= 0.6 is 11.6 Å². The van der Waals surface area contributed by atoms with Gasteiger partial charge in [0.25, 0.3) is 0 Å². The maximum Gasteiger partial charge on any atom is 0.241 e. The molecule has 4 unspecified atom stereocenters. The van der Waals surface area contributed by atoms with Crippen LogP contribution in [0.15, 0.2) is 30.4 Å². The highest BCUT2D eigenvalue weighted by molar-refractivity contribution is 6.32. The summed E-state index contributed by atoms with van der Waals surface area (Å²) in [4.78, 5) is 27.1. The van der Waals surface area contributed by atoms with Gasteiger partial charge in [-0.1, -0.05) is 29.8 Å². The molecular formula is C17H16ClNO2. The highest BCUT2D eigenvalue weighted by atomic mass is 35.5. The first-order valence-corrected chi connectivity index (χ1v) is 7.65. The van der Waals surface area contributed by atoms with Gasteiger partial charge in [0.1, 0.15) is 0 Å². The molecule has 21 heavy (non-hydrogen) atoms. The Labute approximate surface area is 128 Å². The number of anilines is 1. The van der Waals surface area contributed by atoms with E-state index in [1.807, 2.05) is 19.9 Å². The van der Waals surface area contributed by atoms with Gasteiger partial charge in [0, 0.05) is 5.02 Å². The van der Waals surface area contributed by atoms with E-state index in [2.05, 4.69) is 12.2 Å². The second kappa shape index (κ2) is 3.98. The number of nitrogens with zero attached hydrogens (tertiary/aromatic N) is 1. The Kier molecular flexibility index (Phi) is 2.48. The number of aryl methyl sites for hydroxylation is 1. The highest BCUT2D eigenvalue weighted by Crippen LogP contribution is 2.60. The zero-order valence-electron chi connectivity index (χ0n) is 12.0. The molecule has 0 aromatic heterocycles. The van der Waals surface area contributed by atoms with Crippen LogP contribution in [0.5, 0.6) is 0 Å². The first-order chi connectivity index (χ1) is 9.94. The molecule has 1 heterocycles. The fourth-order valence-electron chi connectivity index (χ4n) is 4.27. The Morgan fingerprint density at radius 2 is 2.05 bits per heavy atom. The van der Waals surface area contributed by atoms with Gasteiger partial charge in [-0.05, 0) is 49.8 Å². The van der Waals surface area contributed by atoms with Gasteiger partial charge < -0.3 is 0 Å². The van der Waals surface area contributed by atoms with Crippen LogP contribution in [0, 0.1) is 30.1 Å². The molecule has 3 aliphatic rings. The summed E-state index contributed by atoms with van der Waals surface area (Å²) in [6.45, 7) is 3.85. The third kappa shape index (κ3) is 1.45. The maximum atomic E-state index is 12.9. The molecule has 2 aliphatic carbocycles. The van der Waals surface area contributed by atoms with Crippen LogP contribution in [0.25, 0.3) is 0 Å². The minimum atomic E-state index is -0.576. The van der Waals surface area contributed by atoms with Gasteiger partial charge in [-0.25, -0.2) is 4.90 Å². The fraction of sp³-hybridized carbons (Fsp3) is 0.412. The number of carbonyl (C=O) groups excluding carboxylic acids is 2. The summed E-state index contributed by atoms with van der Waals surface area (Å²) in [5, 5.41) is 0.580. The molecule has 1 saturated carbocycles. The van der Waals surface area contributed by atoms with E-state index in [1.54, 1.807) is 12.1 Å². The first-order valence-electron chi connectivity index (χ1n) is 7.27. The van der Waals surface area contributed by atoms with E-state index in [9.17, 15) is 9.59 Å². The molecule has 4 atom stereocenters. The number of hydrogen-bond acceptors (Lipinski definition) is 2. The van der Waals surface area contributed by atoms with Crippen LogP contribution in [0.4, 0.5) is 5.69 Å². The first kappa shape index (κ1) is 13.1. The van der Waals surface area contributed by atoms with Crippen LogP contribution in [0.1, 0.15) is 18.9 Å². The molecule has 3 nitrogen and oxygen atoms in total. The summed E-state index contributed by atoms with van der Waals surface area (Å²) in [6, 6.07) is 5.37. The third-order valence-electron chi connectivity index (χ3n) is 5.53.